The van der Waals surface area contributed by atoms with Crippen molar-refractivity contribution in [3.63, 3.8) is 0 Å². The molecule has 0 aliphatic carbocycles. The van der Waals surface area contributed by atoms with E-state index in [-0.39, 0.29) is 5.91 Å². The summed E-state index contributed by atoms with van der Waals surface area (Å²) >= 11 is 0. The van der Waals surface area contributed by atoms with Gasteiger partial charge in [0.15, 0.2) is 0 Å². The summed E-state index contributed by atoms with van der Waals surface area (Å²) in [5.41, 5.74) is 3.54. The molecule has 0 spiro atoms. The smallest absolute Gasteiger partial charge is 0.253 e. The predicted octanol–water partition coefficient (Wildman–Crippen LogP) is 3.01. The van der Waals surface area contributed by atoms with E-state index in [0.717, 1.165) is 22.4 Å². The third-order valence-corrected chi connectivity index (χ3v) is 3.49. The first-order valence-electron chi connectivity index (χ1n) is 7.30. The lowest BCUT2D eigenvalue weighted by atomic mass is 10.2. The molecular formula is C17H18N4O. The number of imidazole rings is 1. The number of pyridine rings is 1. The summed E-state index contributed by atoms with van der Waals surface area (Å²) in [6.07, 6.45) is 3.21. The molecule has 0 saturated carbocycles. The van der Waals surface area contributed by atoms with E-state index < -0.39 is 0 Å². The number of aromatic amines is 1. The Bertz CT molecular complexity index is 793. The van der Waals surface area contributed by atoms with E-state index in [2.05, 4.69) is 34.1 Å². The van der Waals surface area contributed by atoms with E-state index in [9.17, 15) is 4.79 Å². The number of aromatic nitrogens is 3. The Hall–Kier alpha value is -2.69. The van der Waals surface area contributed by atoms with Gasteiger partial charge in [0.2, 0.25) is 0 Å². The van der Waals surface area contributed by atoms with E-state index in [1.165, 1.54) is 0 Å². The van der Waals surface area contributed by atoms with E-state index in [0.29, 0.717) is 18.0 Å². The van der Waals surface area contributed by atoms with Gasteiger partial charge < -0.3 is 10.3 Å². The summed E-state index contributed by atoms with van der Waals surface area (Å²) in [5, 5.41) is 2.90. The van der Waals surface area contributed by atoms with Gasteiger partial charge in [0.1, 0.15) is 5.82 Å². The summed E-state index contributed by atoms with van der Waals surface area (Å²) in [6.45, 7) is 4.68. The van der Waals surface area contributed by atoms with E-state index in [1.807, 2.05) is 18.2 Å². The van der Waals surface area contributed by atoms with Crippen LogP contribution in [-0.2, 0) is 6.54 Å². The molecule has 3 aromatic rings. The topological polar surface area (TPSA) is 70.7 Å². The number of hydrogen-bond donors (Lipinski definition) is 2. The maximum Gasteiger partial charge on any atom is 0.253 e. The predicted molar refractivity (Wildman–Crippen MR) is 85.6 cm³/mol. The molecule has 2 N–H and O–H groups in total. The van der Waals surface area contributed by atoms with Crippen LogP contribution in [0.3, 0.4) is 0 Å². The second-order valence-corrected chi connectivity index (χ2v) is 5.55. The number of H-pyrrole nitrogens is 1. The van der Waals surface area contributed by atoms with Crippen molar-refractivity contribution in [2.75, 3.05) is 0 Å². The normalized spacial score (nSPS) is 11.0. The van der Waals surface area contributed by atoms with Gasteiger partial charge in [0.25, 0.3) is 5.91 Å². The molecule has 2 aromatic heterocycles. The van der Waals surface area contributed by atoms with Crippen LogP contribution in [0.4, 0.5) is 0 Å². The highest BCUT2D eigenvalue weighted by molar-refractivity contribution is 5.93. The van der Waals surface area contributed by atoms with Crippen molar-refractivity contribution >= 4 is 16.9 Å². The Labute approximate surface area is 128 Å². The van der Waals surface area contributed by atoms with Crippen molar-refractivity contribution in [3.05, 3.63) is 59.7 Å². The first-order valence-corrected chi connectivity index (χ1v) is 7.30. The minimum atomic E-state index is -0.124. The summed E-state index contributed by atoms with van der Waals surface area (Å²) < 4.78 is 0. The molecule has 0 bridgehead atoms. The van der Waals surface area contributed by atoms with Gasteiger partial charge in [-0.3, -0.25) is 9.78 Å². The Morgan fingerprint density at radius 1 is 1.32 bits per heavy atom. The molecule has 0 atom stereocenters. The second-order valence-electron chi connectivity index (χ2n) is 5.55. The molecule has 3 rings (SSSR count). The Kier molecular flexibility index (Phi) is 3.87. The average molecular weight is 294 g/mol. The van der Waals surface area contributed by atoms with Crippen molar-refractivity contribution in [2.24, 2.45) is 0 Å². The molecule has 5 heteroatoms. The van der Waals surface area contributed by atoms with E-state index >= 15 is 0 Å². The zero-order chi connectivity index (χ0) is 15.5. The van der Waals surface area contributed by atoms with Gasteiger partial charge in [-0.25, -0.2) is 4.98 Å². The lowest BCUT2D eigenvalue weighted by molar-refractivity contribution is 0.0950. The summed E-state index contributed by atoms with van der Waals surface area (Å²) in [5.74, 6) is 1.22. The van der Waals surface area contributed by atoms with Crippen LogP contribution < -0.4 is 5.32 Å². The molecule has 0 fully saturated rings. The van der Waals surface area contributed by atoms with Gasteiger partial charge in [-0.1, -0.05) is 19.9 Å². The van der Waals surface area contributed by atoms with Gasteiger partial charge in [0, 0.05) is 24.9 Å². The van der Waals surface area contributed by atoms with Crippen LogP contribution >= 0.6 is 0 Å². The number of benzene rings is 1. The molecular weight excluding hydrogens is 276 g/mol. The van der Waals surface area contributed by atoms with Gasteiger partial charge >= 0.3 is 0 Å². The summed E-state index contributed by atoms with van der Waals surface area (Å²) in [7, 11) is 0. The van der Waals surface area contributed by atoms with Crippen LogP contribution in [-0.4, -0.2) is 20.9 Å². The SMILES string of the molecule is CC(C)c1nc2ccc(CNC(=O)c3cccnc3)cc2[nH]1. The van der Waals surface area contributed by atoms with Crippen molar-refractivity contribution in [3.8, 4) is 0 Å². The second kappa shape index (κ2) is 5.97. The number of carbonyl (C=O) groups is 1. The fourth-order valence-electron chi connectivity index (χ4n) is 2.24. The van der Waals surface area contributed by atoms with E-state index in [4.69, 9.17) is 0 Å². The van der Waals surface area contributed by atoms with Crippen molar-refractivity contribution < 1.29 is 4.79 Å². The van der Waals surface area contributed by atoms with Crippen molar-refractivity contribution in [1.82, 2.24) is 20.3 Å². The number of rotatable bonds is 4. The molecule has 112 valence electrons. The molecule has 1 amide bonds. The molecule has 5 nitrogen and oxygen atoms in total. The first kappa shape index (κ1) is 14.3. The van der Waals surface area contributed by atoms with Gasteiger partial charge in [-0.05, 0) is 29.8 Å². The summed E-state index contributed by atoms with van der Waals surface area (Å²) in [4.78, 5) is 23.8. The molecule has 0 aliphatic heterocycles. The van der Waals surface area contributed by atoms with Gasteiger partial charge in [-0.15, -0.1) is 0 Å². The molecule has 0 unspecified atom stereocenters. The van der Waals surface area contributed by atoms with Crippen LogP contribution in [0.1, 0.15) is 41.5 Å². The molecule has 2 heterocycles. The monoisotopic (exact) mass is 294 g/mol. The highest BCUT2D eigenvalue weighted by Crippen LogP contribution is 2.18. The number of hydrogen-bond acceptors (Lipinski definition) is 3. The quantitative estimate of drug-likeness (QED) is 0.777. The number of amides is 1. The van der Waals surface area contributed by atoms with Crippen molar-refractivity contribution in [1.29, 1.82) is 0 Å². The largest absolute Gasteiger partial charge is 0.348 e. The van der Waals surface area contributed by atoms with Crippen LogP contribution in [0.2, 0.25) is 0 Å². The average Bonchev–Trinajstić information content (AvgIpc) is 2.97. The zero-order valence-electron chi connectivity index (χ0n) is 12.6. The Morgan fingerprint density at radius 2 is 2.18 bits per heavy atom. The maximum absolute atomic E-state index is 12.0. The van der Waals surface area contributed by atoms with Gasteiger partial charge in [0.05, 0.1) is 16.6 Å². The lowest BCUT2D eigenvalue weighted by Gasteiger charge is -2.05. The minimum absolute atomic E-state index is 0.124. The third kappa shape index (κ3) is 2.98. The van der Waals surface area contributed by atoms with Crippen LogP contribution in [0.25, 0.3) is 11.0 Å². The number of fused-ring (bicyclic) bond motifs is 1. The summed E-state index contributed by atoms with van der Waals surface area (Å²) in [6, 6.07) is 9.48. The zero-order valence-corrected chi connectivity index (χ0v) is 12.6. The molecule has 0 saturated heterocycles. The van der Waals surface area contributed by atoms with Crippen LogP contribution in [0.5, 0.6) is 0 Å². The standard InChI is InChI=1S/C17H18N4O/c1-11(2)16-20-14-6-5-12(8-15(14)21-16)9-19-17(22)13-4-3-7-18-10-13/h3-8,10-11H,9H2,1-2H3,(H,19,22)(H,20,21). The molecule has 1 aromatic carbocycles. The van der Waals surface area contributed by atoms with Crippen LogP contribution in [0, 0.1) is 0 Å². The fourth-order valence-corrected chi connectivity index (χ4v) is 2.24. The molecule has 0 radical (unpaired) electrons. The fraction of sp³-hybridized carbons (Fsp3) is 0.235. The highest BCUT2D eigenvalue weighted by atomic mass is 16.1. The highest BCUT2D eigenvalue weighted by Gasteiger charge is 2.08. The third-order valence-electron chi connectivity index (χ3n) is 3.49. The number of nitrogens with zero attached hydrogens (tertiary/aromatic N) is 2. The molecule has 22 heavy (non-hydrogen) atoms. The lowest BCUT2D eigenvalue weighted by Crippen LogP contribution is -2.22. The maximum atomic E-state index is 12.0. The Morgan fingerprint density at radius 3 is 2.91 bits per heavy atom. The minimum Gasteiger partial charge on any atom is -0.348 e. The number of nitrogens with one attached hydrogen (secondary N) is 2. The van der Waals surface area contributed by atoms with Gasteiger partial charge in [-0.2, -0.15) is 0 Å². The Balaban J connectivity index is 1.73. The first-order chi connectivity index (χ1) is 10.6. The molecule has 0 aliphatic rings. The van der Waals surface area contributed by atoms with E-state index in [1.54, 1.807) is 24.5 Å². The number of carbonyl (C=O) groups excluding carboxylic acids is 1. The van der Waals surface area contributed by atoms with Crippen LogP contribution in [0.15, 0.2) is 42.7 Å². The van der Waals surface area contributed by atoms with Crippen molar-refractivity contribution in [2.45, 2.75) is 26.3 Å².